The normalized spacial score (nSPS) is 21.8. The van der Waals surface area contributed by atoms with E-state index in [0.29, 0.717) is 0 Å². The Balaban J connectivity index is 2.21. The fourth-order valence-corrected chi connectivity index (χ4v) is 1.81. The van der Waals surface area contributed by atoms with Crippen LogP contribution in [-0.4, -0.2) is 22.8 Å². The van der Waals surface area contributed by atoms with Gasteiger partial charge in [-0.1, -0.05) is 0 Å². The maximum absolute atomic E-state index is 10.6. The van der Waals surface area contributed by atoms with Crippen molar-refractivity contribution < 1.29 is 4.79 Å². The minimum Gasteiger partial charge on any atom is -0.327 e. The van der Waals surface area contributed by atoms with Crippen molar-refractivity contribution in [3.05, 3.63) is 30.1 Å². The molecule has 0 aliphatic carbocycles. The molecule has 1 radical (unpaired) electrons. The molecule has 0 saturated carbocycles. The second kappa shape index (κ2) is 3.56. The Morgan fingerprint density at radius 3 is 2.92 bits per heavy atom. The third-order valence-corrected chi connectivity index (χ3v) is 2.46. The van der Waals surface area contributed by atoms with E-state index in [2.05, 4.69) is 4.98 Å². The molecule has 1 aromatic heterocycles. The first-order valence-corrected chi connectivity index (χ1v) is 4.46. The van der Waals surface area contributed by atoms with Crippen molar-refractivity contribution in [2.24, 2.45) is 0 Å². The van der Waals surface area contributed by atoms with Crippen LogP contribution in [0.15, 0.2) is 24.5 Å². The van der Waals surface area contributed by atoms with Gasteiger partial charge in [0.2, 0.25) is 0 Å². The summed E-state index contributed by atoms with van der Waals surface area (Å²) in [5.74, 6) is 0. The van der Waals surface area contributed by atoms with Gasteiger partial charge in [-0.3, -0.25) is 9.78 Å². The Kier molecular flexibility index (Phi) is 2.25. The Hall–Kier alpha value is -1.38. The van der Waals surface area contributed by atoms with Gasteiger partial charge < -0.3 is 4.90 Å². The molecule has 1 aromatic rings. The number of carbonyl (C=O) groups excluding carboxylic acids is 1. The molecular formula is C10H11N2O. The van der Waals surface area contributed by atoms with Crippen LogP contribution in [0.2, 0.25) is 0 Å². The average Bonchev–Trinajstić information content (AvgIpc) is 2.67. The summed E-state index contributed by atoms with van der Waals surface area (Å²) in [4.78, 5) is 16.3. The molecule has 3 heteroatoms. The first kappa shape index (κ1) is 8.23. The number of pyridine rings is 1. The summed E-state index contributed by atoms with van der Waals surface area (Å²) in [6.07, 6.45) is 7.61. The van der Waals surface area contributed by atoms with E-state index in [1.807, 2.05) is 18.5 Å². The molecule has 67 valence electrons. The van der Waals surface area contributed by atoms with E-state index in [1.165, 1.54) is 0 Å². The van der Waals surface area contributed by atoms with Crippen molar-refractivity contribution in [1.29, 1.82) is 0 Å². The molecular weight excluding hydrogens is 164 g/mol. The van der Waals surface area contributed by atoms with Crippen LogP contribution in [0, 0.1) is 0 Å². The number of amides is 1. The predicted molar refractivity (Wildman–Crippen MR) is 48.6 cm³/mol. The molecule has 2 heterocycles. The molecule has 1 aliphatic heterocycles. The topological polar surface area (TPSA) is 33.2 Å². The largest absolute Gasteiger partial charge is 0.327 e. The zero-order valence-corrected chi connectivity index (χ0v) is 7.31. The lowest BCUT2D eigenvalue weighted by atomic mass is 10.1. The molecule has 3 nitrogen and oxygen atoms in total. The molecule has 1 aliphatic rings. The van der Waals surface area contributed by atoms with Crippen LogP contribution in [0.4, 0.5) is 0 Å². The third kappa shape index (κ3) is 1.54. The summed E-state index contributed by atoms with van der Waals surface area (Å²) < 4.78 is 0. The zero-order valence-electron chi connectivity index (χ0n) is 7.31. The second-order valence-electron chi connectivity index (χ2n) is 3.22. The van der Waals surface area contributed by atoms with Crippen LogP contribution in [0.5, 0.6) is 0 Å². The standard InChI is InChI=1S/C10H11N2O/c13-8-12-7-1-2-10(12)9-3-5-11-6-4-9/h3-6,10H,1-2,7H2. The highest BCUT2D eigenvalue weighted by Crippen LogP contribution is 2.29. The van der Waals surface area contributed by atoms with Gasteiger partial charge in [-0.25, -0.2) is 0 Å². The van der Waals surface area contributed by atoms with Gasteiger partial charge in [0, 0.05) is 18.9 Å². The number of likely N-dealkylation sites (tertiary alicyclic amines) is 1. The van der Waals surface area contributed by atoms with E-state index in [4.69, 9.17) is 0 Å². The van der Waals surface area contributed by atoms with Gasteiger partial charge in [-0.15, -0.1) is 0 Å². The van der Waals surface area contributed by atoms with E-state index in [-0.39, 0.29) is 6.04 Å². The fraction of sp³-hybridized carbons (Fsp3) is 0.400. The van der Waals surface area contributed by atoms with Crippen molar-refractivity contribution in [1.82, 2.24) is 9.88 Å². The Labute approximate surface area is 77.4 Å². The average molecular weight is 175 g/mol. The molecule has 2 rings (SSSR count). The number of rotatable bonds is 2. The van der Waals surface area contributed by atoms with Crippen molar-refractivity contribution in [3.63, 3.8) is 0 Å². The van der Waals surface area contributed by atoms with Crippen LogP contribution in [-0.2, 0) is 4.79 Å². The van der Waals surface area contributed by atoms with Gasteiger partial charge in [0.25, 0.3) is 0 Å². The highest BCUT2D eigenvalue weighted by molar-refractivity contribution is 5.50. The van der Waals surface area contributed by atoms with E-state index in [1.54, 1.807) is 17.3 Å². The fourth-order valence-electron chi connectivity index (χ4n) is 1.81. The number of hydrogen-bond donors (Lipinski definition) is 0. The van der Waals surface area contributed by atoms with E-state index >= 15 is 0 Å². The van der Waals surface area contributed by atoms with Crippen molar-refractivity contribution in [2.45, 2.75) is 18.9 Å². The molecule has 13 heavy (non-hydrogen) atoms. The van der Waals surface area contributed by atoms with Crippen LogP contribution in [0.3, 0.4) is 0 Å². The molecule has 0 aromatic carbocycles. The minimum absolute atomic E-state index is 0.223. The van der Waals surface area contributed by atoms with Gasteiger partial charge >= 0.3 is 6.41 Å². The van der Waals surface area contributed by atoms with Gasteiger partial charge in [0.15, 0.2) is 0 Å². The summed E-state index contributed by atoms with van der Waals surface area (Å²) in [7, 11) is 0. The molecule has 0 N–H and O–H groups in total. The molecule has 0 spiro atoms. The second-order valence-corrected chi connectivity index (χ2v) is 3.22. The van der Waals surface area contributed by atoms with Crippen molar-refractivity contribution in [2.75, 3.05) is 6.54 Å². The Morgan fingerprint density at radius 2 is 2.23 bits per heavy atom. The monoisotopic (exact) mass is 175 g/mol. The number of aromatic nitrogens is 1. The number of hydrogen-bond acceptors (Lipinski definition) is 2. The van der Waals surface area contributed by atoms with Crippen LogP contribution in [0.25, 0.3) is 0 Å². The van der Waals surface area contributed by atoms with Gasteiger partial charge in [0.05, 0.1) is 6.04 Å². The van der Waals surface area contributed by atoms with E-state index < -0.39 is 0 Å². The highest BCUT2D eigenvalue weighted by atomic mass is 16.1. The quantitative estimate of drug-likeness (QED) is 0.678. The number of nitrogens with zero attached hydrogens (tertiary/aromatic N) is 2. The predicted octanol–water partition coefficient (Wildman–Crippen LogP) is 1.29. The van der Waals surface area contributed by atoms with Crippen molar-refractivity contribution >= 4 is 6.41 Å². The van der Waals surface area contributed by atoms with Crippen molar-refractivity contribution in [3.8, 4) is 0 Å². The third-order valence-electron chi connectivity index (χ3n) is 2.46. The molecule has 1 unspecified atom stereocenters. The maximum atomic E-state index is 10.6. The van der Waals surface area contributed by atoms with E-state index in [9.17, 15) is 4.79 Å². The summed E-state index contributed by atoms with van der Waals surface area (Å²) >= 11 is 0. The smallest absolute Gasteiger partial charge is 0.312 e. The summed E-state index contributed by atoms with van der Waals surface area (Å²) in [5.41, 5.74) is 1.16. The Bertz CT molecular complexity index is 286. The zero-order chi connectivity index (χ0) is 9.10. The lowest BCUT2D eigenvalue weighted by Crippen LogP contribution is -2.20. The summed E-state index contributed by atoms with van der Waals surface area (Å²) in [6.45, 7) is 0.830. The molecule has 1 atom stereocenters. The van der Waals surface area contributed by atoms with E-state index in [0.717, 1.165) is 24.9 Å². The van der Waals surface area contributed by atoms with Gasteiger partial charge in [-0.05, 0) is 30.5 Å². The molecule has 1 amide bonds. The first-order valence-electron chi connectivity index (χ1n) is 4.46. The SMILES string of the molecule is O=[C]N1CCCC1c1ccncc1. The lowest BCUT2D eigenvalue weighted by molar-refractivity contribution is 0.365. The van der Waals surface area contributed by atoms with Crippen LogP contribution >= 0.6 is 0 Å². The minimum atomic E-state index is 0.223. The molecule has 1 saturated heterocycles. The highest BCUT2D eigenvalue weighted by Gasteiger charge is 2.24. The van der Waals surface area contributed by atoms with Crippen LogP contribution < -0.4 is 0 Å². The lowest BCUT2D eigenvalue weighted by Gasteiger charge is -2.18. The Morgan fingerprint density at radius 1 is 1.46 bits per heavy atom. The molecule has 0 bridgehead atoms. The van der Waals surface area contributed by atoms with Gasteiger partial charge in [0.1, 0.15) is 0 Å². The maximum Gasteiger partial charge on any atom is 0.312 e. The summed E-state index contributed by atoms with van der Waals surface area (Å²) in [5, 5.41) is 0. The van der Waals surface area contributed by atoms with Gasteiger partial charge in [-0.2, -0.15) is 0 Å². The molecule has 1 fully saturated rings. The first-order chi connectivity index (χ1) is 6.42. The summed E-state index contributed by atoms with van der Waals surface area (Å²) in [6, 6.07) is 4.14. The van der Waals surface area contributed by atoms with Crippen LogP contribution in [0.1, 0.15) is 24.4 Å².